The quantitative estimate of drug-likeness (QED) is 0.0869. The fraction of sp³-hybridized carbons (Fsp3) is 0.455. The number of hydrogen-bond donors (Lipinski definition) is 8. The molecule has 2 aliphatic heterocycles. The van der Waals surface area contributed by atoms with Crippen LogP contribution in [0.4, 0.5) is 0 Å². The molecule has 0 spiro atoms. The molecule has 2 aromatic rings. The highest BCUT2D eigenvalue weighted by Gasteiger charge is 2.49. The minimum absolute atomic E-state index is 0.0541. The zero-order valence-corrected chi connectivity index (χ0v) is 27.5. The van der Waals surface area contributed by atoms with Gasteiger partial charge in [-0.1, -0.05) is 6.07 Å². The van der Waals surface area contributed by atoms with E-state index in [9.17, 15) is 50.4 Å². The molecule has 18 nitrogen and oxygen atoms in total. The minimum Gasteiger partial charge on any atom is -0.504 e. The fourth-order valence-corrected chi connectivity index (χ4v) is 5.12. The Morgan fingerprint density at radius 1 is 0.686 bits per heavy atom. The third-order valence-electron chi connectivity index (χ3n) is 7.93. The molecule has 0 amide bonds. The first-order valence-electron chi connectivity index (χ1n) is 15.3. The van der Waals surface area contributed by atoms with E-state index >= 15 is 0 Å². The predicted molar refractivity (Wildman–Crippen MR) is 170 cm³/mol. The largest absolute Gasteiger partial charge is 0.504 e. The summed E-state index contributed by atoms with van der Waals surface area (Å²) in [7, 11) is 3.97. The van der Waals surface area contributed by atoms with E-state index in [-0.39, 0.29) is 28.7 Å². The van der Waals surface area contributed by atoms with Gasteiger partial charge in [-0.15, -0.1) is 0 Å². The number of aliphatic hydroxyl groups excluding tert-OH is 6. The summed E-state index contributed by atoms with van der Waals surface area (Å²) in [4.78, 5) is 25.3. The summed E-state index contributed by atoms with van der Waals surface area (Å²) in [6.07, 6.45) is -12.7. The van der Waals surface area contributed by atoms with Gasteiger partial charge in [-0.25, -0.2) is 9.59 Å². The van der Waals surface area contributed by atoms with Crippen LogP contribution in [0.3, 0.4) is 0 Å². The maximum Gasteiger partial charge on any atom is 0.333 e. The zero-order chi connectivity index (χ0) is 37.4. The minimum atomic E-state index is -1.89. The Bertz CT molecular complexity index is 1540. The van der Waals surface area contributed by atoms with Crippen LogP contribution >= 0.6 is 0 Å². The van der Waals surface area contributed by atoms with E-state index in [4.69, 9.17) is 37.9 Å². The number of aromatic hydroxyl groups is 2. The lowest BCUT2D eigenvalue weighted by atomic mass is 9.98. The second-order valence-corrected chi connectivity index (χ2v) is 11.3. The maximum atomic E-state index is 12.8. The van der Waals surface area contributed by atoms with Crippen LogP contribution in [0.2, 0.25) is 0 Å². The summed E-state index contributed by atoms with van der Waals surface area (Å²) in [6.45, 7) is -1.45. The van der Waals surface area contributed by atoms with Crippen LogP contribution in [0.1, 0.15) is 11.1 Å². The highest BCUT2D eigenvalue weighted by molar-refractivity contribution is 5.88. The Morgan fingerprint density at radius 2 is 1.24 bits per heavy atom. The second kappa shape index (κ2) is 17.6. The molecule has 2 aliphatic rings. The zero-order valence-electron chi connectivity index (χ0n) is 27.5. The van der Waals surface area contributed by atoms with Gasteiger partial charge in [0.15, 0.2) is 35.4 Å². The van der Waals surface area contributed by atoms with Crippen LogP contribution in [0.5, 0.6) is 28.7 Å². The Morgan fingerprint density at radius 3 is 1.84 bits per heavy atom. The van der Waals surface area contributed by atoms with E-state index < -0.39 is 86.6 Å². The van der Waals surface area contributed by atoms with Crippen molar-refractivity contribution >= 4 is 24.1 Å². The molecule has 4 rings (SSSR count). The summed E-state index contributed by atoms with van der Waals surface area (Å²) in [5.74, 6) is -2.20. The molecule has 0 bridgehead atoms. The van der Waals surface area contributed by atoms with Gasteiger partial charge in [-0.05, 0) is 47.5 Å². The van der Waals surface area contributed by atoms with Crippen LogP contribution in [-0.2, 0) is 33.3 Å². The average molecular weight is 725 g/mol. The molecule has 8 N–H and O–H groups in total. The Kier molecular flexibility index (Phi) is 13.6. The van der Waals surface area contributed by atoms with Crippen molar-refractivity contribution < 1.29 is 88.3 Å². The van der Waals surface area contributed by atoms with Gasteiger partial charge >= 0.3 is 11.9 Å². The smallest absolute Gasteiger partial charge is 0.333 e. The second-order valence-electron chi connectivity index (χ2n) is 11.3. The van der Waals surface area contributed by atoms with Crippen molar-refractivity contribution in [2.24, 2.45) is 0 Å². The van der Waals surface area contributed by atoms with Gasteiger partial charge in [-0.3, -0.25) is 0 Å². The van der Waals surface area contributed by atoms with E-state index in [1.165, 1.54) is 63.8 Å². The third kappa shape index (κ3) is 9.44. The SMILES string of the molecule is COc1cc(/C=C/C(=O)O[C@@H]2O[C@H](CO[C@@H]3O[C@H](CO)[C@@H](O)[C@H](O)[C@H]3OC(=O)/C=C/c3cc(OC)c(O)c(OC)c3)[C@@H](O)[C@@H](O)[C@H]2O)ccc1O. The first kappa shape index (κ1) is 39.3. The topological polar surface area (TPSA) is 270 Å². The number of ether oxygens (including phenoxy) is 8. The molecule has 18 heteroatoms. The summed E-state index contributed by atoms with van der Waals surface area (Å²) in [5.41, 5.74) is 0.795. The first-order valence-corrected chi connectivity index (χ1v) is 15.3. The lowest BCUT2D eigenvalue weighted by Gasteiger charge is -2.43. The normalized spacial score (nSPS) is 29.5. The number of phenols is 2. The molecular formula is C33H40O18. The molecule has 51 heavy (non-hydrogen) atoms. The van der Waals surface area contributed by atoms with Crippen molar-refractivity contribution in [1.29, 1.82) is 0 Å². The number of hydrogen-bond acceptors (Lipinski definition) is 18. The molecule has 2 aromatic carbocycles. The number of esters is 2. The van der Waals surface area contributed by atoms with E-state index in [1.807, 2.05) is 0 Å². The van der Waals surface area contributed by atoms with Crippen molar-refractivity contribution in [1.82, 2.24) is 0 Å². The summed E-state index contributed by atoms with van der Waals surface area (Å²) in [6, 6.07) is 7.06. The van der Waals surface area contributed by atoms with Gasteiger partial charge in [0.25, 0.3) is 0 Å². The van der Waals surface area contributed by atoms with E-state index in [1.54, 1.807) is 0 Å². The Balaban J connectivity index is 1.44. The number of carbonyl (C=O) groups is 2. The molecule has 0 radical (unpaired) electrons. The van der Waals surface area contributed by atoms with Crippen LogP contribution in [0.25, 0.3) is 12.2 Å². The number of benzene rings is 2. The molecule has 0 unspecified atom stereocenters. The van der Waals surface area contributed by atoms with Crippen LogP contribution in [0, 0.1) is 0 Å². The number of carbonyl (C=O) groups excluding carboxylic acids is 2. The van der Waals surface area contributed by atoms with E-state index in [0.717, 1.165) is 12.2 Å². The van der Waals surface area contributed by atoms with Crippen LogP contribution in [-0.4, -0.2) is 149 Å². The van der Waals surface area contributed by atoms with Crippen LogP contribution < -0.4 is 14.2 Å². The molecule has 0 saturated carbocycles. The Labute approximate surface area is 290 Å². The number of methoxy groups -OCH3 is 3. The summed E-state index contributed by atoms with van der Waals surface area (Å²) >= 11 is 0. The lowest BCUT2D eigenvalue weighted by Crippen LogP contribution is -2.62. The molecule has 10 atom stereocenters. The van der Waals surface area contributed by atoms with E-state index in [2.05, 4.69) is 0 Å². The molecule has 2 fully saturated rings. The van der Waals surface area contributed by atoms with Crippen molar-refractivity contribution in [3.8, 4) is 28.7 Å². The standard InChI is InChI=1S/C33H40O18/c1-44-18-10-15(4-7-17(18)35)5-8-24(37)51-32-30(43)28(41)27(40)22(49-32)14-47-33-31(29(42)26(39)21(13-34)48-33)50-23(36)9-6-16-11-19(45-2)25(38)20(12-16)46-3/h4-12,21-22,26-35,38-43H,13-14H2,1-3H3/b8-5+,9-6+/t21-,22-,26-,27-,28-,29+,30-,31-,32+,33-/m1/s1. The van der Waals surface area contributed by atoms with Crippen molar-refractivity contribution in [2.45, 2.75) is 61.4 Å². The maximum absolute atomic E-state index is 12.8. The molecular weight excluding hydrogens is 684 g/mol. The van der Waals surface area contributed by atoms with Crippen LogP contribution in [0.15, 0.2) is 42.5 Å². The Hall–Kier alpha value is -4.50. The van der Waals surface area contributed by atoms with Gasteiger partial charge in [0.2, 0.25) is 12.0 Å². The number of aliphatic hydroxyl groups is 6. The molecule has 0 aliphatic carbocycles. The van der Waals surface area contributed by atoms with E-state index in [0.29, 0.717) is 11.1 Å². The van der Waals surface area contributed by atoms with Gasteiger partial charge in [0.1, 0.15) is 42.7 Å². The summed E-state index contributed by atoms with van der Waals surface area (Å²) < 4.78 is 42.3. The van der Waals surface area contributed by atoms with Crippen molar-refractivity contribution in [2.75, 3.05) is 34.5 Å². The van der Waals surface area contributed by atoms with Gasteiger partial charge in [0, 0.05) is 12.2 Å². The molecule has 2 saturated heterocycles. The molecule has 2 heterocycles. The van der Waals surface area contributed by atoms with Crippen molar-refractivity contribution in [3.05, 3.63) is 53.6 Å². The predicted octanol–water partition coefficient (Wildman–Crippen LogP) is -1.43. The monoisotopic (exact) mass is 724 g/mol. The van der Waals surface area contributed by atoms with Gasteiger partial charge < -0.3 is 78.7 Å². The lowest BCUT2D eigenvalue weighted by molar-refractivity contribution is -0.327. The highest BCUT2D eigenvalue weighted by Crippen LogP contribution is 2.37. The highest BCUT2D eigenvalue weighted by atomic mass is 16.7. The third-order valence-corrected chi connectivity index (χ3v) is 7.93. The number of rotatable bonds is 13. The fourth-order valence-electron chi connectivity index (χ4n) is 5.12. The van der Waals surface area contributed by atoms with Gasteiger partial charge in [0.05, 0.1) is 34.5 Å². The first-order chi connectivity index (χ1) is 24.3. The molecule has 0 aromatic heterocycles. The average Bonchev–Trinajstić information content (AvgIpc) is 3.12. The van der Waals surface area contributed by atoms with Gasteiger partial charge in [-0.2, -0.15) is 0 Å². The van der Waals surface area contributed by atoms with Crippen molar-refractivity contribution in [3.63, 3.8) is 0 Å². The molecule has 280 valence electrons. The summed E-state index contributed by atoms with van der Waals surface area (Å²) in [5, 5.41) is 82.2. The number of phenolic OH excluding ortho intramolecular Hbond substituents is 2.